The van der Waals surface area contributed by atoms with Crippen LogP contribution in [0, 0.1) is 0 Å². The molecule has 0 aromatic heterocycles. The van der Waals surface area contributed by atoms with E-state index in [1.807, 2.05) is 42.5 Å². The van der Waals surface area contributed by atoms with Crippen LogP contribution in [0.3, 0.4) is 0 Å². The zero-order valence-electron chi connectivity index (χ0n) is 14.5. The van der Waals surface area contributed by atoms with E-state index < -0.39 is 24.0 Å². The maximum absolute atomic E-state index is 12.2. The number of esters is 1. The van der Waals surface area contributed by atoms with Crippen LogP contribution < -0.4 is 11.2 Å². The average Bonchev–Trinajstić information content (AvgIpc) is 2.67. The Morgan fingerprint density at radius 3 is 1.96 bits per heavy atom. The van der Waals surface area contributed by atoms with Gasteiger partial charge >= 0.3 is 5.97 Å². The SMILES string of the molecule is COC(=O)[C@@H](NC(=O)c1ccc(-c2ccccc2)cc1)[C@@H](C)O.Cl.NO. The normalized spacial score (nSPS) is 11.7. The molecule has 0 saturated carbocycles. The summed E-state index contributed by atoms with van der Waals surface area (Å²) in [5, 5.41) is 18.6. The Balaban J connectivity index is 0.00000201. The number of hydrogen-bond donors (Lipinski definition) is 4. The molecule has 8 heteroatoms. The summed E-state index contributed by atoms with van der Waals surface area (Å²) in [6.45, 7) is 1.42. The highest BCUT2D eigenvalue weighted by Crippen LogP contribution is 2.19. The van der Waals surface area contributed by atoms with E-state index >= 15 is 0 Å². The van der Waals surface area contributed by atoms with Gasteiger partial charge in [-0.15, -0.1) is 12.4 Å². The molecule has 26 heavy (non-hydrogen) atoms. The molecule has 0 aliphatic rings. The van der Waals surface area contributed by atoms with Crippen LogP contribution in [0.1, 0.15) is 17.3 Å². The van der Waals surface area contributed by atoms with E-state index in [0.29, 0.717) is 5.56 Å². The molecule has 142 valence electrons. The minimum absolute atomic E-state index is 0. The van der Waals surface area contributed by atoms with Gasteiger partial charge in [0.25, 0.3) is 5.91 Å². The smallest absolute Gasteiger partial charge is 0.331 e. The number of nitrogens with two attached hydrogens (primary N) is 1. The van der Waals surface area contributed by atoms with Gasteiger partial charge in [0.15, 0.2) is 6.04 Å². The molecule has 0 saturated heterocycles. The Morgan fingerprint density at radius 2 is 1.50 bits per heavy atom. The van der Waals surface area contributed by atoms with E-state index in [-0.39, 0.29) is 12.4 Å². The van der Waals surface area contributed by atoms with Gasteiger partial charge in [0.1, 0.15) is 0 Å². The summed E-state index contributed by atoms with van der Waals surface area (Å²) in [7, 11) is 1.21. The van der Waals surface area contributed by atoms with E-state index in [0.717, 1.165) is 11.1 Å². The molecule has 5 N–H and O–H groups in total. The second-order valence-electron chi connectivity index (χ2n) is 5.16. The van der Waals surface area contributed by atoms with Crippen molar-refractivity contribution < 1.29 is 24.6 Å². The highest BCUT2D eigenvalue weighted by atomic mass is 35.5. The topological polar surface area (TPSA) is 122 Å². The molecule has 2 aromatic carbocycles. The van der Waals surface area contributed by atoms with Gasteiger partial charge in [0.2, 0.25) is 0 Å². The fraction of sp³-hybridized carbons (Fsp3) is 0.222. The molecule has 2 rings (SSSR count). The van der Waals surface area contributed by atoms with Crippen molar-refractivity contribution in [1.82, 2.24) is 5.32 Å². The standard InChI is InChI=1S/C18H19NO4.ClH.H3NO/c1-12(20)16(18(22)23-2)19-17(21)15-10-8-14(9-11-15)13-6-4-3-5-7-13;;1-2/h3-12,16,20H,1-2H3,(H,19,21);1H;2H,1H2/t12-,16+;;/m1../s1. The molecule has 0 spiro atoms. The van der Waals surface area contributed by atoms with Gasteiger partial charge in [-0.2, -0.15) is 0 Å². The molecule has 2 aromatic rings. The maximum Gasteiger partial charge on any atom is 0.331 e. The molecule has 0 unspecified atom stereocenters. The van der Waals surface area contributed by atoms with Crippen LogP contribution in [0.15, 0.2) is 54.6 Å². The molecule has 0 heterocycles. The fourth-order valence-corrected chi connectivity index (χ4v) is 2.17. The van der Waals surface area contributed by atoms with Crippen molar-refractivity contribution in [2.45, 2.75) is 19.1 Å². The van der Waals surface area contributed by atoms with Crippen molar-refractivity contribution in [1.29, 1.82) is 0 Å². The lowest BCUT2D eigenvalue weighted by atomic mass is 10.0. The number of aliphatic hydroxyl groups excluding tert-OH is 1. The van der Waals surface area contributed by atoms with Crippen molar-refractivity contribution in [3.8, 4) is 11.1 Å². The van der Waals surface area contributed by atoms with E-state index in [4.69, 9.17) is 5.21 Å². The number of benzene rings is 2. The number of aliphatic hydroxyl groups is 1. The molecule has 2 atom stereocenters. The van der Waals surface area contributed by atoms with E-state index in [1.54, 1.807) is 12.1 Å². The lowest BCUT2D eigenvalue weighted by molar-refractivity contribution is -0.145. The number of ether oxygens (including phenoxy) is 1. The van der Waals surface area contributed by atoms with Crippen LogP contribution in [-0.2, 0) is 9.53 Å². The van der Waals surface area contributed by atoms with Gasteiger partial charge in [-0.3, -0.25) is 4.79 Å². The van der Waals surface area contributed by atoms with Crippen molar-refractivity contribution in [3.63, 3.8) is 0 Å². The van der Waals surface area contributed by atoms with Crippen molar-refractivity contribution in [3.05, 3.63) is 60.2 Å². The summed E-state index contributed by atoms with van der Waals surface area (Å²) in [4.78, 5) is 23.8. The summed E-state index contributed by atoms with van der Waals surface area (Å²) in [6.07, 6.45) is -1.05. The highest BCUT2D eigenvalue weighted by Gasteiger charge is 2.26. The van der Waals surface area contributed by atoms with Crippen molar-refractivity contribution in [2.24, 2.45) is 5.90 Å². The van der Waals surface area contributed by atoms with Gasteiger partial charge in [0.05, 0.1) is 13.2 Å². The van der Waals surface area contributed by atoms with Gasteiger partial charge in [-0.25, -0.2) is 10.7 Å². The first-order valence-corrected chi connectivity index (χ1v) is 7.51. The molecule has 0 aliphatic heterocycles. The molecule has 7 nitrogen and oxygen atoms in total. The Bertz CT molecular complexity index is 678. The van der Waals surface area contributed by atoms with Crippen molar-refractivity contribution >= 4 is 24.3 Å². The third kappa shape index (κ3) is 6.45. The van der Waals surface area contributed by atoms with E-state index in [1.165, 1.54) is 14.0 Å². The van der Waals surface area contributed by atoms with Gasteiger partial charge in [-0.1, -0.05) is 42.5 Å². The van der Waals surface area contributed by atoms with E-state index in [2.05, 4.69) is 16.0 Å². The molecule has 1 amide bonds. The second-order valence-corrected chi connectivity index (χ2v) is 5.16. The Kier molecular flexibility index (Phi) is 10.9. The second kappa shape index (κ2) is 12.0. The molecular weight excluding hydrogens is 360 g/mol. The predicted octanol–water partition coefficient (Wildman–Crippen LogP) is 1.76. The quantitative estimate of drug-likeness (QED) is 0.461. The summed E-state index contributed by atoms with van der Waals surface area (Å²) in [5.41, 5.74) is 2.44. The Morgan fingerprint density at radius 1 is 1.00 bits per heavy atom. The number of nitrogens with one attached hydrogen (secondary N) is 1. The van der Waals surface area contributed by atoms with E-state index in [9.17, 15) is 14.7 Å². The van der Waals surface area contributed by atoms with Gasteiger partial charge < -0.3 is 20.4 Å². The first-order chi connectivity index (χ1) is 12.0. The monoisotopic (exact) mass is 382 g/mol. The number of hydrogen-bond acceptors (Lipinski definition) is 6. The number of rotatable bonds is 5. The van der Waals surface area contributed by atoms with Crippen LogP contribution in [0.4, 0.5) is 0 Å². The summed E-state index contributed by atoms with van der Waals surface area (Å²) in [6, 6.07) is 15.7. The lowest BCUT2D eigenvalue weighted by Gasteiger charge is -2.19. The number of carbonyl (C=O) groups is 2. The first kappa shape index (κ1) is 23.5. The first-order valence-electron chi connectivity index (χ1n) is 7.51. The Labute approximate surface area is 158 Å². The van der Waals surface area contributed by atoms with Crippen LogP contribution in [0.25, 0.3) is 11.1 Å². The summed E-state index contributed by atoms with van der Waals surface area (Å²) >= 11 is 0. The molecule has 0 radical (unpaired) electrons. The van der Waals surface area contributed by atoms with Gasteiger partial charge in [-0.05, 0) is 30.2 Å². The zero-order chi connectivity index (χ0) is 18.8. The number of methoxy groups -OCH3 is 1. The predicted molar refractivity (Wildman–Crippen MR) is 100 cm³/mol. The average molecular weight is 383 g/mol. The number of carbonyl (C=O) groups excluding carboxylic acids is 2. The lowest BCUT2D eigenvalue weighted by Crippen LogP contribution is -2.48. The third-order valence-corrected chi connectivity index (χ3v) is 3.48. The maximum atomic E-state index is 12.2. The van der Waals surface area contributed by atoms with Crippen LogP contribution in [0.2, 0.25) is 0 Å². The van der Waals surface area contributed by atoms with Gasteiger partial charge in [0, 0.05) is 5.56 Å². The minimum atomic E-state index is -1.10. The minimum Gasteiger partial charge on any atom is -0.467 e. The molecule has 0 bridgehead atoms. The zero-order valence-corrected chi connectivity index (χ0v) is 15.3. The van der Waals surface area contributed by atoms with Crippen LogP contribution in [-0.4, -0.2) is 41.4 Å². The van der Waals surface area contributed by atoms with Crippen LogP contribution >= 0.6 is 12.4 Å². The van der Waals surface area contributed by atoms with Crippen molar-refractivity contribution in [2.75, 3.05) is 7.11 Å². The largest absolute Gasteiger partial charge is 0.467 e. The fourth-order valence-electron chi connectivity index (χ4n) is 2.17. The number of amides is 1. The summed E-state index contributed by atoms with van der Waals surface area (Å²) in [5.74, 6) is 2.37. The Hall–Kier alpha value is -2.45. The third-order valence-electron chi connectivity index (χ3n) is 3.48. The van der Waals surface area contributed by atoms with Crippen LogP contribution in [0.5, 0.6) is 0 Å². The summed E-state index contributed by atoms with van der Waals surface area (Å²) < 4.78 is 4.57. The highest BCUT2D eigenvalue weighted by molar-refractivity contribution is 5.97. The molecule has 0 fully saturated rings. The number of halogens is 1. The molecular formula is C18H23ClN2O5. The molecule has 0 aliphatic carbocycles.